The largest absolute Gasteiger partial charge is 0.507 e. The summed E-state index contributed by atoms with van der Waals surface area (Å²) in [4.78, 5) is 128. The third-order valence-corrected chi connectivity index (χ3v) is 18.9. The fraction of sp³-hybridized carbons (Fsp3) is 0.493. The Morgan fingerprint density at radius 1 is 0.750 bits per heavy atom. The number of fused-ring (bicyclic) bond motifs is 8. The predicted molar refractivity (Wildman–Crippen MR) is 343 cm³/mol. The number of nitrogens with zero attached hydrogens (tertiary/aromatic N) is 2. The molecule has 7 aliphatic rings. The molecule has 0 bridgehead atoms. The van der Waals surface area contributed by atoms with E-state index in [4.69, 9.17) is 37.9 Å². The highest BCUT2D eigenvalue weighted by Crippen LogP contribution is 2.53. The molecule has 31 heteroatoms. The van der Waals surface area contributed by atoms with Gasteiger partial charge in [-0.05, 0) is 42.7 Å². The van der Waals surface area contributed by atoms with E-state index in [1.165, 1.54) is 32.4 Å². The summed E-state index contributed by atoms with van der Waals surface area (Å²) in [5, 5.41) is 91.0. The summed E-state index contributed by atoms with van der Waals surface area (Å²) < 4.78 is 46.9. The number of phenols is 2. The zero-order valence-corrected chi connectivity index (χ0v) is 55.2. The predicted octanol–water partition coefficient (Wildman–Crippen LogP) is -0.850. The fourth-order valence-corrected chi connectivity index (χ4v) is 13.7. The van der Waals surface area contributed by atoms with Crippen LogP contribution in [0, 0.1) is 17.8 Å². The van der Waals surface area contributed by atoms with Gasteiger partial charge in [-0.2, -0.15) is 0 Å². The standard InChI is InChI=1S/C69H79N7O24/c1-32(2)52(74-45(78)21-22-70-44(77)19-20-46(79)76-30-36-13-7-6-11-34(36)17-18-35-12-8-9-15-40(35)76)63(88)73-39(31-96-66-59(86)57(84)58(85)61(100-66)65(89)90)62(87)71-23-24-72-68(91)69(92)28-38-49(56(83)51-50(54(38)81)53(80)37-14-10-16-42(93-4)48(37)55(51)82)43(29-69)98-47-27-41-60(33(3)97-47)99-64-67(94-5)95-26-25-75(41)64/h6-16,32-33,39,41,43,47,52,57-61,64,66-67,81,83-86,92H,19-31H2,1-5H3,(H,70,77)(H,71,87)(H,72,91)(H,73,88)(H,74,78)(H,89,90)/t33-,39-,41-,43-,47+,52-,57-,58-,59+,60+,61-,64+,66+,67-,69-/m0/s1. The van der Waals surface area contributed by atoms with Crippen molar-refractivity contribution in [3.63, 3.8) is 0 Å². The van der Waals surface area contributed by atoms with Crippen molar-refractivity contribution < 1.29 is 117 Å². The van der Waals surface area contributed by atoms with Gasteiger partial charge >= 0.3 is 5.97 Å². The number of ether oxygens (including phenoxy) is 8. The zero-order chi connectivity index (χ0) is 71.6. The average Bonchev–Trinajstić information content (AvgIpc) is 0.849. The van der Waals surface area contributed by atoms with Gasteiger partial charge in [0.15, 0.2) is 37.0 Å². The molecule has 15 atom stereocenters. The molecule has 0 spiro atoms. The fourth-order valence-electron chi connectivity index (χ4n) is 13.7. The van der Waals surface area contributed by atoms with Gasteiger partial charge in [-0.1, -0.05) is 68.2 Å². The van der Waals surface area contributed by atoms with Crippen LogP contribution < -0.4 is 36.2 Å². The van der Waals surface area contributed by atoms with Gasteiger partial charge in [0, 0.05) is 106 Å². The number of carboxylic acids is 1. The molecule has 12 N–H and O–H groups in total. The molecule has 100 heavy (non-hydrogen) atoms. The second-order valence-electron chi connectivity index (χ2n) is 25.7. The monoisotopic (exact) mass is 1390 g/mol. The van der Waals surface area contributed by atoms with Crippen molar-refractivity contribution in [3.05, 3.63) is 117 Å². The topological polar surface area (TPSA) is 436 Å². The van der Waals surface area contributed by atoms with Crippen molar-refractivity contribution in [1.29, 1.82) is 0 Å². The first-order valence-electron chi connectivity index (χ1n) is 32.7. The van der Waals surface area contributed by atoms with E-state index in [1.807, 2.05) is 30.3 Å². The minimum Gasteiger partial charge on any atom is -0.507 e. The van der Waals surface area contributed by atoms with Gasteiger partial charge in [-0.3, -0.25) is 43.3 Å². The highest BCUT2D eigenvalue weighted by molar-refractivity contribution is 6.31. The molecule has 0 aromatic heterocycles. The maximum absolute atomic E-state index is 14.5. The van der Waals surface area contributed by atoms with Gasteiger partial charge in [0.05, 0.1) is 61.5 Å². The number of hydrogen-bond donors (Lipinski definition) is 12. The van der Waals surface area contributed by atoms with Crippen molar-refractivity contribution in [3.8, 4) is 29.1 Å². The van der Waals surface area contributed by atoms with Crippen molar-refractivity contribution >= 4 is 58.7 Å². The number of aliphatic hydroxyl groups is 4. The van der Waals surface area contributed by atoms with Crippen LogP contribution in [0.4, 0.5) is 5.69 Å². The number of amides is 6. The second kappa shape index (κ2) is 30.4. The van der Waals surface area contributed by atoms with Crippen LogP contribution in [-0.2, 0) is 79.7 Å². The van der Waals surface area contributed by atoms with Crippen molar-refractivity contribution in [2.45, 2.75) is 157 Å². The highest BCUT2D eigenvalue weighted by atomic mass is 16.7. The normalized spacial score (nSPS) is 27.1. The quantitative estimate of drug-likeness (QED) is 0.0215. The lowest BCUT2D eigenvalue weighted by Gasteiger charge is -2.43. The van der Waals surface area contributed by atoms with Crippen LogP contribution in [0.15, 0.2) is 66.7 Å². The number of anilines is 1. The van der Waals surface area contributed by atoms with Crippen LogP contribution >= 0.6 is 0 Å². The van der Waals surface area contributed by atoms with E-state index < -0.39 is 194 Å². The lowest BCUT2D eigenvalue weighted by atomic mass is 9.72. The minimum absolute atomic E-state index is 0.0146. The SMILES string of the molecule is COc1cccc2c1C(=O)c1c(O)c3c(c(O)c1C2=O)C[C@@](O)(C(=O)NCCNC(=O)[C@H](CO[C@@H]1O[C@H](C(=O)O)[C@@H](O)[C@H](O)[C@H]1O)NC(=O)[C@@H](NC(=O)CCNC(=O)CCC(=O)N1Cc2ccccc2C#Cc2ccccc21)C(C)C)C[C@@H]3O[C@@H]1C[C@H]2[C@H](O[C@@H]3[C@@H](OC)OCCN32)[C@H](C)O1. The minimum atomic E-state index is -2.55. The summed E-state index contributed by atoms with van der Waals surface area (Å²) in [7, 11) is 2.77. The molecule has 0 radical (unpaired) electrons. The van der Waals surface area contributed by atoms with E-state index in [0.29, 0.717) is 24.4 Å². The summed E-state index contributed by atoms with van der Waals surface area (Å²) in [6, 6.07) is 15.3. The van der Waals surface area contributed by atoms with Crippen molar-refractivity contribution in [1.82, 2.24) is 31.5 Å². The van der Waals surface area contributed by atoms with Gasteiger partial charge in [-0.15, -0.1) is 0 Å². The summed E-state index contributed by atoms with van der Waals surface area (Å²) in [6.07, 6.45) is -17.6. The van der Waals surface area contributed by atoms with E-state index in [9.17, 15) is 78.9 Å². The first kappa shape index (κ1) is 72.2. The van der Waals surface area contributed by atoms with Crippen molar-refractivity contribution in [2.75, 3.05) is 58.5 Å². The number of ketones is 2. The number of methoxy groups -OCH3 is 2. The Morgan fingerprint density at radius 3 is 2.21 bits per heavy atom. The Kier molecular flexibility index (Phi) is 22.0. The van der Waals surface area contributed by atoms with Crippen LogP contribution in [0.3, 0.4) is 0 Å². The van der Waals surface area contributed by atoms with Gasteiger partial charge in [-0.25, -0.2) is 4.79 Å². The molecule has 5 aliphatic heterocycles. The molecule has 4 aromatic carbocycles. The van der Waals surface area contributed by atoms with E-state index in [1.54, 1.807) is 43.9 Å². The number of aliphatic hydroxyl groups excluding tert-OH is 3. The molecule has 31 nitrogen and oxygen atoms in total. The average molecular weight is 1390 g/mol. The molecule has 534 valence electrons. The van der Waals surface area contributed by atoms with E-state index in [-0.39, 0.29) is 78.7 Å². The Balaban J connectivity index is 0.754. The molecule has 4 aromatic rings. The van der Waals surface area contributed by atoms with Crippen LogP contribution in [0.1, 0.15) is 119 Å². The Morgan fingerprint density at radius 2 is 1.47 bits per heavy atom. The first-order valence-corrected chi connectivity index (χ1v) is 32.7. The molecule has 6 amide bonds. The number of hydrogen-bond acceptors (Lipinski definition) is 24. The Labute approximate surface area is 572 Å². The third kappa shape index (κ3) is 14.6. The Bertz CT molecular complexity index is 3930. The number of para-hydroxylation sites is 1. The molecule has 4 fully saturated rings. The number of rotatable bonds is 23. The van der Waals surface area contributed by atoms with Gasteiger partial charge < -0.3 is 105 Å². The summed E-state index contributed by atoms with van der Waals surface area (Å²) in [6.45, 7) is 3.80. The van der Waals surface area contributed by atoms with E-state index >= 15 is 0 Å². The number of phenolic OH excluding ortho intramolecular Hbond substituents is 2. The molecule has 5 heterocycles. The Hall–Kier alpha value is -9.01. The van der Waals surface area contributed by atoms with E-state index in [2.05, 4.69) is 43.3 Å². The number of aliphatic carboxylic acids is 1. The number of aromatic hydroxyl groups is 2. The lowest BCUT2D eigenvalue weighted by molar-refractivity contribution is -0.294. The number of morpholine rings is 1. The molecule has 0 saturated carbocycles. The summed E-state index contributed by atoms with van der Waals surface area (Å²) in [5.41, 5.74) is -1.75. The van der Waals surface area contributed by atoms with Gasteiger partial charge in [0.2, 0.25) is 35.3 Å². The van der Waals surface area contributed by atoms with Gasteiger partial charge in [0.1, 0.15) is 59.3 Å². The van der Waals surface area contributed by atoms with Crippen LogP contribution in [-0.4, -0.2) is 233 Å². The van der Waals surface area contributed by atoms with Gasteiger partial charge in [0.25, 0.3) is 5.91 Å². The first-order chi connectivity index (χ1) is 47.8. The van der Waals surface area contributed by atoms with Crippen molar-refractivity contribution in [2.24, 2.45) is 5.92 Å². The summed E-state index contributed by atoms with van der Waals surface area (Å²) in [5.74, 6) is -4.17. The molecular weight excluding hydrogens is 1310 g/mol. The molecule has 4 saturated heterocycles. The molecule has 0 unspecified atom stereocenters. The number of benzene rings is 4. The molecule has 2 aliphatic carbocycles. The van der Waals surface area contributed by atoms with Crippen LogP contribution in [0.25, 0.3) is 0 Å². The third-order valence-electron chi connectivity index (χ3n) is 18.9. The maximum Gasteiger partial charge on any atom is 0.335 e. The smallest absolute Gasteiger partial charge is 0.335 e. The van der Waals surface area contributed by atoms with E-state index in [0.717, 1.165) is 11.1 Å². The number of carbonyl (C=O) groups excluding carboxylic acids is 8. The zero-order valence-electron chi connectivity index (χ0n) is 55.2. The number of carbonyl (C=O) groups is 9. The molecular formula is C69H79N7O24. The number of nitrogens with one attached hydrogen (secondary N) is 5. The molecule has 11 rings (SSSR count). The second-order valence-corrected chi connectivity index (χ2v) is 25.7. The van der Waals surface area contributed by atoms with Crippen LogP contribution in [0.2, 0.25) is 0 Å². The maximum atomic E-state index is 14.5. The highest BCUT2D eigenvalue weighted by Gasteiger charge is 2.56. The summed E-state index contributed by atoms with van der Waals surface area (Å²) >= 11 is 0. The van der Waals surface area contributed by atoms with Crippen LogP contribution in [0.5, 0.6) is 17.2 Å². The number of carboxylic acid groups (broad SMARTS) is 1. The lowest BCUT2D eigenvalue weighted by Crippen LogP contribution is -2.61.